The van der Waals surface area contributed by atoms with Crippen molar-refractivity contribution in [2.75, 3.05) is 5.32 Å². The van der Waals surface area contributed by atoms with Crippen molar-refractivity contribution in [1.82, 2.24) is 5.32 Å². The summed E-state index contributed by atoms with van der Waals surface area (Å²) in [4.78, 5) is 36.2. The highest BCUT2D eigenvalue weighted by atomic mass is 16.2. The molecule has 0 saturated heterocycles. The van der Waals surface area contributed by atoms with Gasteiger partial charge in [0.25, 0.3) is 0 Å². The van der Waals surface area contributed by atoms with Gasteiger partial charge in [0.05, 0.1) is 0 Å². The zero-order valence-corrected chi connectivity index (χ0v) is 14.3. The number of anilines is 1. The van der Waals surface area contributed by atoms with E-state index in [1.165, 1.54) is 0 Å². The Hall–Kier alpha value is -3.15. The monoisotopic (exact) mass is 351 g/mol. The first kappa shape index (κ1) is 17.7. The highest BCUT2D eigenvalue weighted by molar-refractivity contribution is 5.96. The topological polar surface area (TPSA) is 101 Å². The predicted octanol–water partition coefficient (Wildman–Crippen LogP) is 1.92. The molecule has 2 atom stereocenters. The highest BCUT2D eigenvalue weighted by Crippen LogP contribution is 2.27. The zero-order chi connectivity index (χ0) is 18.5. The number of carbonyl (C=O) groups is 3. The van der Waals surface area contributed by atoms with Crippen molar-refractivity contribution in [3.05, 3.63) is 65.7 Å². The minimum Gasteiger partial charge on any atom is -0.368 e. The zero-order valence-electron chi connectivity index (χ0n) is 14.3. The molecule has 0 fully saturated rings. The number of hydrogen-bond acceptors (Lipinski definition) is 3. The maximum atomic E-state index is 12.3. The van der Waals surface area contributed by atoms with Gasteiger partial charge in [-0.15, -0.1) is 0 Å². The van der Waals surface area contributed by atoms with Crippen molar-refractivity contribution in [2.45, 2.75) is 25.3 Å². The largest absolute Gasteiger partial charge is 0.368 e. The van der Waals surface area contributed by atoms with Gasteiger partial charge in [-0.1, -0.05) is 48.5 Å². The lowest BCUT2D eigenvalue weighted by Gasteiger charge is -2.24. The molecule has 3 amide bonds. The standard InChI is InChI=1S/C20H21N3O3/c21-19(25)18(13-6-2-1-3-7-13)23-17(24)11-10-15-12-14-8-4-5-9-16(14)22-20(15)26/h1-9,15,18H,10-12H2,(H2,21,25)(H,22,26)(H,23,24). The van der Waals surface area contributed by atoms with Crippen LogP contribution in [-0.2, 0) is 20.8 Å². The van der Waals surface area contributed by atoms with Crippen LogP contribution < -0.4 is 16.4 Å². The Morgan fingerprint density at radius 1 is 1.12 bits per heavy atom. The summed E-state index contributed by atoms with van der Waals surface area (Å²) in [5.74, 6) is -1.26. The number of nitrogens with one attached hydrogen (secondary N) is 2. The molecule has 0 saturated carbocycles. The molecule has 2 aromatic carbocycles. The second-order valence-electron chi connectivity index (χ2n) is 6.40. The van der Waals surface area contributed by atoms with Gasteiger partial charge in [0.15, 0.2) is 0 Å². The summed E-state index contributed by atoms with van der Waals surface area (Å²) >= 11 is 0. The molecular weight excluding hydrogens is 330 g/mol. The van der Waals surface area contributed by atoms with Crippen molar-refractivity contribution < 1.29 is 14.4 Å². The Labute approximate surface area is 151 Å². The third-order valence-electron chi connectivity index (χ3n) is 4.55. The number of benzene rings is 2. The van der Waals surface area contributed by atoms with E-state index in [2.05, 4.69) is 10.6 Å². The molecule has 0 radical (unpaired) electrons. The first-order valence-corrected chi connectivity index (χ1v) is 8.57. The Morgan fingerprint density at radius 3 is 2.54 bits per heavy atom. The van der Waals surface area contributed by atoms with E-state index in [-0.39, 0.29) is 24.2 Å². The normalized spacial score (nSPS) is 16.9. The first-order chi connectivity index (χ1) is 12.5. The fourth-order valence-electron chi connectivity index (χ4n) is 3.15. The van der Waals surface area contributed by atoms with Gasteiger partial charge in [0, 0.05) is 18.0 Å². The van der Waals surface area contributed by atoms with E-state index >= 15 is 0 Å². The lowest BCUT2D eigenvalue weighted by molar-refractivity contribution is -0.128. The molecule has 4 N–H and O–H groups in total. The Balaban J connectivity index is 1.58. The molecule has 0 bridgehead atoms. The molecule has 3 rings (SSSR count). The van der Waals surface area contributed by atoms with Crippen LogP contribution in [0.25, 0.3) is 0 Å². The second kappa shape index (κ2) is 7.82. The summed E-state index contributed by atoms with van der Waals surface area (Å²) in [5.41, 5.74) is 7.95. The van der Waals surface area contributed by atoms with Gasteiger partial charge in [0.2, 0.25) is 17.7 Å². The van der Waals surface area contributed by atoms with Gasteiger partial charge in [-0.2, -0.15) is 0 Å². The van der Waals surface area contributed by atoms with Gasteiger partial charge in [0.1, 0.15) is 6.04 Å². The van der Waals surface area contributed by atoms with Crippen LogP contribution in [0.15, 0.2) is 54.6 Å². The number of rotatable bonds is 6. The number of fused-ring (bicyclic) bond motifs is 1. The molecule has 0 aromatic heterocycles. The van der Waals surface area contributed by atoms with E-state index in [4.69, 9.17) is 5.73 Å². The third kappa shape index (κ3) is 4.08. The molecule has 2 aromatic rings. The van der Waals surface area contributed by atoms with E-state index in [9.17, 15) is 14.4 Å². The minimum atomic E-state index is -0.871. The molecule has 1 aliphatic heterocycles. The summed E-state index contributed by atoms with van der Waals surface area (Å²) in [5, 5.41) is 5.53. The maximum Gasteiger partial charge on any atom is 0.244 e. The number of para-hydroxylation sites is 1. The van der Waals surface area contributed by atoms with Crippen LogP contribution >= 0.6 is 0 Å². The number of primary amides is 1. The van der Waals surface area contributed by atoms with Crippen LogP contribution in [0.2, 0.25) is 0 Å². The Bertz CT molecular complexity index is 820. The highest BCUT2D eigenvalue weighted by Gasteiger charge is 2.27. The van der Waals surface area contributed by atoms with E-state index < -0.39 is 11.9 Å². The summed E-state index contributed by atoms with van der Waals surface area (Å²) < 4.78 is 0. The molecule has 6 nitrogen and oxygen atoms in total. The predicted molar refractivity (Wildman–Crippen MR) is 98.0 cm³/mol. The Morgan fingerprint density at radius 2 is 1.81 bits per heavy atom. The van der Waals surface area contributed by atoms with Gasteiger partial charge in [-0.25, -0.2) is 0 Å². The van der Waals surface area contributed by atoms with Crippen molar-refractivity contribution in [2.24, 2.45) is 11.7 Å². The summed E-state index contributed by atoms with van der Waals surface area (Å²) in [6, 6.07) is 15.6. The molecular formula is C20H21N3O3. The van der Waals surface area contributed by atoms with Crippen LogP contribution in [-0.4, -0.2) is 17.7 Å². The van der Waals surface area contributed by atoms with Crippen LogP contribution in [0.4, 0.5) is 5.69 Å². The van der Waals surface area contributed by atoms with Crippen LogP contribution in [0, 0.1) is 5.92 Å². The number of carbonyl (C=O) groups excluding carboxylic acids is 3. The van der Waals surface area contributed by atoms with Crippen LogP contribution in [0.3, 0.4) is 0 Å². The van der Waals surface area contributed by atoms with E-state index in [1.54, 1.807) is 24.3 Å². The van der Waals surface area contributed by atoms with Gasteiger partial charge >= 0.3 is 0 Å². The molecule has 1 heterocycles. The van der Waals surface area contributed by atoms with Crippen LogP contribution in [0.5, 0.6) is 0 Å². The molecule has 6 heteroatoms. The molecule has 26 heavy (non-hydrogen) atoms. The average molecular weight is 351 g/mol. The van der Waals surface area contributed by atoms with Gasteiger partial charge in [-0.3, -0.25) is 14.4 Å². The first-order valence-electron chi connectivity index (χ1n) is 8.57. The Kier molecular flexibility index (Phi) is 5.31. The molecule has 0 aliphatic carbocycles. The lowest BCUT2D eigenvalue weighted by atomic mass is 9.89. The quantitative estimate of drug-likeness (QED) is 0.741. The van der Waals surface area contributed by atoms with Crippen molar-refractivity contribution in [3.8, 4) is 0 Å². The molecule has 0 spiro atoms. The van der Waals surface area contributed by atoms with E-state index in [0.717, 1.165) is 11.3 Å². The van der Waals surface area contributed by atoms with Crippen molar-refractivity contribution >= 4 is 23.4 Å². The second-order valence-corrected chi connectivity index (χ2v) is 6.40. The van der Waals surface area contributed by atoms with Gasteiger partial charge in [-0.05, 0) is 30.0 Å². The van der Waals surface area contributed by atoms with Crippen molar-refractivity contribution in [1.29, 1.82) is 0 Å². The van der Waals surface area contributed by atoms with E-state index in [1.807, 2.05) is 30.3 Å². The molecule has 134 valence electrons. The fraction of sp³-hybridized carbons (Fsp3) is 0.250. The fourth-order valence-corrected chi connectivity index (χ4v) is 3.15. The van der Waals surface area contributed by atoms with Crippen LogP contribution in [0.1, 0.15) is 30.0 Å². The lowest BCUT2D eigenvalue weighted by Crippen LogP contribution is -2.38. The summed E-state index contributed by atoms with van der Waals surface area (Å²) in [6.45, 7) is 0. The van der Waals surface area contributed by atoms with Gasteiger partial charge < -0.3 is 16.4 Å². The SMILES string of the molecule is NC(=O)C(NC(=O)CCC1Cc2ccccc2NC1=O)c1ccccc1. The molecule has 2 unspecified atom stereocenters. The maximum absolute atomic E-state index is 12.3. The number of amides is 3. The molecule has 1 aliphatic rings. The third-order valence-corrected chi connectivity index (χ3v) is 4.55. The number of nitrogens with two attached hydrogens (primary N) is 1. The number of hydrogen-bond donors (Lipinski definition) is 3. The average Bonchev–Trinajstić information content (AvgIpc) is 2.65. The summed E-state index contributed by atoms with van der Waals surface area (Å²) in [6.07, 6.45) is 1.16. The van der Waals surface area contributed by atoms with Crippen molar-refractivity contribution in [3.63, 3.8) is 0 Å². The van der Waals surface area contributed by atoms with E-state index in [0.29, 0.717) is 18.4 Å². The summed E-state index contributed by atoms with van der Waals surface area (Å²) in [7, 11) is 0. The smallest absolute Gasteiger partial charge is 0.244 e. The minimum absolute atomic E-state index is 0.0778.